The third-order valence-electron chi connectivity index (χ3n) is 3.76. The minimum Gasteiger partial charge on any atom is -0.497 e. The average molecular weight is 341 g/mol. The second-order valence-corrected chi connectivity index (χ2v) is 5.74. The highest BCUT2D eigenvalue weighted by Crippen LogP contribution is 2.28. The van der Waals surface area contributed by atoms with Gasteiger partial charge in [-0.15, -0.1) is 0 Å². The van der Waals surface area contributed by atoms with Crippen LogP contribution in [0.4, 0.5) is 0 Å². The van der Waals surface area contributed by atoms with Gasteiger partial charge in [0, 0.05) is 18.9 Å². The number of halogens is 1. The first-order valence-corrected chi connectivity index (χ1v) is 8.43. The third kappa shape index (κ3) is 6.22. The van der Waals surface area contributed by atoms with Crippen molar-refractivity contribution in [2.75, 3.05) is 13.7 Å². The Balaban J connectivity index is 2.39. The van der Waals surface area contributed by atoms with Crippen molar-refractivity contribution in [3.05, 3.63) is 23.2 Å². The van der Waals surface area contributed by atoms with E-state index in [1.165, 1.54) is 0 Å². The van der Waals surface area contributed by atoms with Crippen LogP contribution in [0.1, 0.15) is 46.0 Å². The van der Waals surface area contributed by atoms with E-state index in [4.69, 9.17) is 21.1 Å². The molecule has 1 rings (SSSR count). The number of ketones is 2. The SMILES string of the molecule is CCC(=O)C(CCCCOc1ccc(OC)cc1Cl)C(=O)CC. The Kier molecular flexibility index (Phi) is 8.70. The van der Waals surface area contributed by atoms with Crippen LogP contribution in [0.25, 0.3) is 0 Å². The Morgan fingerprint density at radius 2 is 1.78 bits per heavy atom. The molecule has 23 heavy (non-hydrogen) atoms. The van der Waals surface area contributed by atoms with Crippen molar-refractivity contribution in [1.29, 1.82) is 0 Å². The Hall–Kier alpha value is -1.55. The molecule has 0 aliphatic carbocycles. The van der Waals surface area contributed by atoms with Gasteiger partial charge in [0.2, 0.25) is 0 Å². The first-order chi connectivity index (χ1) is 11.0. The summed E-state index contributed by atoms with van der Waals surface area (Å²) in [5, 5.41) is 0.504. The minimum absolute atomic E-state index is 0.0379. The molecule has 0 aliphatic heterocycles. The predicted molar refractivity (Wildman–Crippen MR) is 91.4 cm³/mol. The quantitative estimate of drug-likeness (QED) is 0.440. The molecule has 0 fully saturated rings. The Labute approximate surface area is 143 Å². The molecule has 0 radical (unpaired) electrons. The highest BCUT2D eigenvalue weighted by Gasteiger charge is 2.22. The number of carbonyl (C=O) groups is 2. The van der Waals surface area contributed by atoms with E-state index in [0.29, 0.717) is 42.4 Å². The molecule has 0 N–H and O–H groups in total. The van der Waals surface area contributed by atoms with Gasteiger partial charge in [-0.3, -0.25) is 9.59 Å². The van der Waals surface area contributed by atoms with E-state index in [-0.39, 0.29) is 11.6 Å². The molecule has 0 aromatic heterocycles. The number of unbranched alkanes of at least 4 members (excludes halogenated alkanes) is 1. The number of Topliss-reactive ketones (excluding diaryl/α,β-unsaturated/α-hetero) is 2. The van der Waals surface area contributed by atoms with Crippen LogP contribution in [0.3, 0.4) is 0 Å². The maximum absolute atomic E-state index is 11.8. The molecule has 0 unspecified atom stereocenters. The number of methoxy groups -OCH3 is 1. The van der Waals surface area contributed by atoms with Gasteiger partial charge in [-0.1, -0.05) is 25.4 Å². The molecule has 1 aromatic rings. The maximum Gasteiger partial charge on any atom is 0.143 e. The molecule has 0 saturated heterocycles. The van der Waals surface area contributed by atoms with Crippen molar-refractivity contribution >= 4 is 23.2 Å². The molecule has 0 saturated carbocycles. The number of hydrogen-bond donors (Lipinski definition) is 0. The highest BCUT2D eigenvalue weighted by atomic mass is 35.5. The van der Waals surface area contributed by atoms with Gasteiger partial charge >= 0.3 is 0 Å². The largest absolute Gasteiger partial charge is 0.497 e. The van der Waals surface area contributed by atoms with Crippen molar-refractivity contribution in [3.63, 3.8) is 0 Å². The molecule has 4 nitrogen and oxygen atoms in total. The lowest BCUT2D eigenvalue weighted by Crippen LogP contribution is -2.23. The molecule has 0 bridgehead atoms. The lowest BCUT2D eigenvalue weighted by Gasteiger charge is -2.13. The van der Waals surface area contributed by atoms with Gasteiger partial charge in [-0.05, 0) is 31.4 Å². The first kappa shape index (κ1) is 19.5. The van der Waals surface area contributed by atoms with E-state index in [1.54, 1.807) is 39.2 Å². The highest BCUT2D eigenvalue weighted by molar-refractivity contribution is 6.32. The van der Waals surface area contributed by atoms with Gasteiger partial charge in [0.25, 0.3) is 0 Å². The number of ether oxygens (including phenoxy) is 2. The summed E-state index contributed by atoms with van der Waals surface area (Å²) in [5.74, 6) is 0.918. The minimum atomic E-state index is -0.449. The fourth-order valence-corrected chi connectivity index (χ4v) is 2.58. The van der Waals surface area contributed by atoms with Gasteiger partial charge < -0.3 is 9.47 Å². The second-order valence-electron chi connectivity index (χ2n) is 5.33. The maximum atomic E-state index is 11.8. The molecular formula is C18H25ClO4. The van der Waals surface area contributed by atoms with Crippen molar-refractivity contribution in [2.45, 2.75) is 46.0 Å². The normalized spacial score (nSPS) is 10.7. The monoisotopic (exact) mass is 340 g/mol. The first-order valence-electron chi connectivity index (χ1n) is 8.05. The molecular weight excluding hydrogens is 316 g/mol. The Bertz CT molecular complexity index is 512. The summed E-state index contributed by atoms with van der Waals surface area (Å²) in [6.07, 6.45) is 2.96. The zero-order valence-corrected chi connectivity index (χ0v) is 14.8. The Morgan fingerprint density at radius 1 is 1.13 bits per heavy atom. The molecule has 0 aliphatic rings. The lowest BCUT2D eigenvalue weighted by molar-refractivity contribution is -0.132. The van der Waals surface area contributed by atoms with E-state index in [0.717, 1.165) is 12.8 Å². The van der Waals surface area contributed by atoms with Crippen LogP contribution in [0.2, 0.25) is 5.02 Å². The van der Waals surface area contributed by atoms with Crippen molar-refractivity contribution in [1.82, 2.24) is 0 Å². The molecule has 1 aromatic carbocycles. The van der Waals surface area contributed by atoms with Gasteiger partial charge in [-0.2, -0.15) is 0 Å². The van der Waals surface area contributed by atoms with Crippen molar-refractivity contribution < 1.29 is 19.1 Å². The fourth-order valence-electron chi connectivity index (χ4n) is 2.35. The van der Waals surface area contributed by atoms with Crippen LogP contribution >= 0.6 is 11.6 Å². The second kappa shape index (κ2) is 10.3. The molecule has 0 spiro atoms. The van der Waals surface area contributed by atoms with Crippen LogP contribution < -0.4 is 9.47 Å². The zero-order chi connectivity index (χ0) is 17.2. The molecule has 128 valence electrons. The molecule has 0 heterocycles. The van der Waals surface area contributed by atoms with E-state index >= 15 is 0 Å². The van der Waals surface area contributed by atoms with Gasteiger partial charge in [0.15, 0.2) is 0 Å². The lowest BCUT2D eigenvalue weighted by atomic mass is 9.90. The molecule has 0 atom stereocenters. The van der Waals surface area contributed by atoms with Crippen LogP contribution in [0.5, 0.6) is 11.5 Å². The zero-order valence-electron chi connectivity index (χ0n) is 14.1. The van der Waals surface area contributed by atoms with Crippen LogP contribution in [-0.4, -0.2) is 25.3 Å². The number of carbonyl (C=O) groups excluding carboxylic acids is 2. The third-order valence-corrected chi connectivity index (χ3v) is 4.05. The topological polar surface area (TPSA) is 52.6 Å². The van der Waals surface area contributed by atoms with Gasteiger partial charge in [0.1, 0.15) is 23.1 Å². The Morgan fingerprint density at radius 3 is 2.30 bits per heavy atom. The summed E-state index contributed by atoms with van der Waals surface area (Å²) in [7, 11) is 1.58. The number of hydrogen-bond acceptors (Lipinski definition) is 4. The number of rotatable bonds is 11. The van der Waals surface area contributed by atoms with E-state index < -0.39 is 5.92 Å². The summed E-state index contributed by atoms with van der Waals surface area (Å²) in [4.78, 5) is 23.6. The summed E-state index contributed by atoms with van der Waals surface area (Å²) in [6.45, 7) is 4.10. The molecule has 5 heteroatoms. The smallest absolute Gasteiger partial charge is 0.143 e. The fraction of sp³-hybridized carbons (Fsp3) is 0.556. The van der Waals surface area contributed by atoms with Gasteiger partial charge in [0.05, 0.1) is 24.7 Å². The van der Waals surface area contributed by atoms with E-state index in [2.05, 4.69) is 0 Å². The summed E-state index contributed by atoms with van der Waals surface area (Å²) < 4.78 is 10.7. The molecule has 0 amide bonds. The van der Waals surface area contributed by atoms with E-state index in [9.17, 15) is 9.59 Å². The summed E-state index contributed by atoms with van der Waals surface area (Å²) >= 11 is 6.10. The summed E-state index contributed by atoms with van der Waals surface area (Å²) in [6, 6.07) is 5.26. The van der Waals surface area contributed by atoms with E-state index in [1.807, 2.05) is 0 Å². The van der Waals surface area contributed by atoms with Crippen molar-refractivity contribution in [2.24, 2.45) is 5.92 Å². The standard InChI is InChI=1S/C18H25ClO4/c1-4-16(20)14(17(21)5-2)8-6-7-11-23-18-10-9-13(22-3)12-15(18)19/h9-10,12,14H,4-8,11H2,1-3H3. The van der Waals surface area contributed by atoms with Crippen molar-refractivity contribution in [3.8, 4) is 11.5 Å². The van der Waals surface area contributed by atoms with Crippen LogP contribution in [-0.2, 0) is 9.59 Å². The average Bonchev–Trinajstić information content (AvgIpc) is 2.57. The van der Waals surface area contributed by atoms with Crippen LogP contribution in [0.15, 0.2) is 18.2 Å². The van der Waals surface area contributed by atoms with Gasteiger partial charge in [-0.25, -0.2) is 0 Å². The number of benzene rings is 1. The predicted octanol–water partition coefficient (Wildman–Crippen LogP) is 4.47. The summed E-state index contributed by atoms with van der Waals surface area (Å²) in [5.41, 5.74) is 0. The van der Waals surface area contributed by atoms with Crippen LogP contribution in [0, 0.1) is 5.92 Å².